The Labute approximate surface area is 66.0 Å². The molecule has 0 radical (unpaired) electrons. The summed E-state index contributed by atoms with van der Waals surface area (Å²) in [5.41, 5.74) is 1.15. The molecular formula is C8H10ClN. The number of rotatable bonds is 2. The third kappa shape index (κ3) is 1.71. The van der Waals surface area contributed by atoms with E-state index < -0.39 is 0 Å². The van der Waals surface area contributed by atoms with Gasteiger partial charge in [-0.05, 0) is 24.1 Å². The molecule has 0 aliphatic carbocycles. The fraction of sp³-hybridized carbons (Fsp3) is 0.375. The normalized spacial score (nSPS) is 13.0. The molecule has 0 amide bonds. The van der Waals surface area contributed by atoms with E-state index in [-0.39, 0.29) is 5.38 Å². The second-order valence-electron chi connectivity index (χ2n) is 2.16. The first kappa shape index (κ1) is 7.55. The number of aromatic nitrogens is 1. The van der Waals surface area contributed by atoms with Crippen molar-refractivity contribution in [3.05, 3.63) is 30.1 Å². The first-order valence-electron chi connectivity index (χ1n) is 3.38. The van der Waals surface area contributed by atoms with Crippen LogP contribution in [0, 0.1) is 0 Å². The Kier molecular flexibility index (Phi) is 2.69. The van der Waals surface area contributed by atoms with Gasteiger partial charge in [0.05, 0.1) is 5.38 Å². The summed E-state index contributed by atoms with van der Waals surface area (Å²) in [6, 6.07) is 3.89. The highest BCUT2D eigenvalue weighted by Crippen LogP contribution is 2.21. The molecule has 0 saturated carbocycles. The lowest BCUT2D eigenvalue weighted by Crippen LogP contribution is -1.86. The molecule has 0 N–H and O–H groups in total. The van der Waals surface area contributed by atoms with E-state index in [1.54, 1.807) is 12.4 Å². The quantitative estimate of drug-likeness (QED) is 0.599. The summed E-state index contributed by atoms with van der Waals surface area (Å²) in [7, 11) is 0. The largest absolute Gasteiger partial charge is 0.265 e. The highest BCUT2D eigenvalue weighted by molar-refractivity contribution is 6.20. The Bertz CT molecular complexity index is 186. The molecule has 1 atom stereocenters. The van der Waals surface area contributed by atoms with Crippen molar-refractivity contribution in [2.45, 2.75) is 18.7 Å². The zero-order chi connectivity index (χ0) is 7.40. The van der Waals surface area contributed by atoms with E-state index in [0.29, 0.717) is 0 Å². The minimum absolute atomic E-state index is 0.142. The minimum atomic E-state index is 0.142. The van der Waals surface area contributed by atoms with E-state index in [1.165, 1.54) is 0 Å². The molecule has 1 nitrogen and oxygen atoms in total. The molecule has 1 heterocycles. The predicted molar refractivity (Wildman–Crippen MR) is 43.1 cm³/mol. The number of alkyl halides is 1. The number of halogens is 1. The molecule has 1 aromatic heterocycles. The standard InChI is InChI=1S/C8H10ClN/c1-2-8(9)7-3-5-10-6-4-7/h3-6,8H,2H2,1H3. The third-order valence-electron chi connectivity index (χ3n) is 1.43. The summed E-state index contributed by atoms with van der Waals surface area (Å²) in [5, 5.41) is 0.142. The lowest BCUT2D eigenvalue weighted by molar-refractivity contribution is 0.881. The first-order valence-corrected chi connectivity index (χ1v) is 3.82. The summed E-state index contributed by atoms with van der Waals surface area (Å²) in [5.74, 6) is 0. The van der Waals surface area contributed by atoms with Gasteiger partial charge in [0, 0.05) is 12.4 Å². The molecule has 0 aliphatic rings. The molecule has 1 rings (SSSR count). The molecule has 0 bridgehead atoms. The smallest absolute Gasteiger partial charge is 0.0583 e. The van der Waals surface area contributed by atoms with Crippen molar-refractivity contribution in [1.29, 1.82) is 0 Å². The maximum absolute atomic E-state index is 5.96. The average Bonchev–Trinajstić information content (AvgIpc) is 2.05. The van der Waals surface area contributed by atoms with E-state index in [9.17, 15) is 0 Å². The Hall–Kier alpha value is -0.560. The van der Waals surface area contributed by atoms with Gasteiger partial charge in [0.25, 0.3) is 0 Å². The van der Waals surface area contributed by atoms with Crippen molar-refractivity contribution in [2.75, 3.05) is 0 Å². The highest BCUT2D eigenvalue weighted by Gasteiger charge is 2.01. The molecule has 10 heavy (non-hydrogen) atoms. The number of nitrogens with zero attached hydrogens (tertiary/aromatic N) is 1. The van der Waals surface area contributed by atoms with Gasteiger partial charge in [0.2, 0.25) is 0 Å². The molecule has 1 unspecified atom stereocenters. The van der Waals surface area contributed by atoms with E-state index in [1.807, 2.05) is 12.1 Å². The Morgan fingerprint density at radius 1 is 1.50 bits per heavy atom. The van der Waals surface area contributed by atoms with Gasteiger partial charge in [-0.25, -0.2) is 0 Å². The van der Waals surface area contributed by atoms with Crippen LogP contribution in [0.3, 0.4) is 0 Å². The van der Waals surface area contributed by atoms with Crippen molar-refractivity contribution in [3.63, 3.8) is 0 Å². The van der Waals surface area contributed by atoms with Crippen LogP contribution >= 0.6 is 11.6 Å². The maximum Gasteiger partial charge on any atom is 0.0583 e. The Balaban J connectivity index is 2.75. The van der Waals surface area contributed by atoms with Gasteiger partial charge in [-0.2, -0.15) is 0 Å². The van der Waals surface area contributed by atoms with Crippen molar-refractivity contribution in [1.82, 2.24) is 4.98 Å². The summed E-state index contributed by atoms with van der Waals surface area (Å²) in [6.07, 6.45) is 4.49. The van der Waals surface area contributed by atoms with Gasteiger partial charge in [-0.15, -0.1) is 11.6 Å². The Morgan fingerprint density at radius 3 is 2.60 bits per heavy atom. The highest BCUT2D eigenvalue weighted by atomic mass is 35.5. The summed E-state index contributed by atoms with van der Waals surface area (Å²) >= 11 is 5.96. The topological polar surface area (TPSA) is 12.9 Å². The van der Waals surface area contributed by atoms with Crippen LogP contribution in [0.4, 0.5) is 0 Å². The lowest BCUT2D eigenvalue weighted by Gasteiger charge is -2.03. The number of hydrogen-bond donors (Lipinski definition) is 0. The van der Waals surface area contributed by atoms with Crippen LogP contribution in [0.2, 0.25) is 0 Å². The van der Waals surface area contributed by atoms with Gasteiger partial charge >= 0.3 is 0 Å². The minimum Gasteiger partial charge on any atom is -0.265 e. The number of pyridine rings is 1. The molecular weight excluding hydrogens is 146 g/mol. The van der Waals surface area contributed by atoms with E-state index in [2.05, 4.69) is 11.9 Å². The predicted octanol–water partition coefficient (Wildman–Crippen LogP) is 2.77. The molecule has 2 heteroatoms. The molecule has 0 spiro atoms. The van der Waals surface area contributed by atoms with E-state index in [4.69, 9.17) is 11.6 Å². The van der Waals surface area contributed by atoms with Gasteiger partial charge in [0.15, 0.2) is 0 Å². The summed E-state index contributed by atoms with van der Waals surface area (Å²) in [4.78, 5) is 3.90. The van der Waals surface area contributed by atoms with Crippen LogP contribution in [-0.2, 0) is 0 Å². The second kappa shape index (κ2) is 3.57. The van der Waals surface area contributed by atoms with Crippen LogP contribution in [0.5, 0.6) is 0 Å². The van der Waals surface area contributed by atoms with Crippen LogP contribution in [0.1, 0.15) is 24.3 Å². The van der Waals surface area contributed by atoms with Gasteiger partial charge in [0.1, 0.15) is 0 Å². The molecule has 0 aliphatic heterocycles. The summed E-state index contributed by atoms with van der Waals surface area (Å²) in [6.45, 7) is 2.07. The van der Waals surface area contributed by atoms with Gasteiger partial charge in [-0.1, -0.05) is 6.92 Å². The fourth-order valence-corrected chi connectivity index (χ4v) is 0.953. The molecule has 54 valence electrons. The lowest BCUT2D eigenvalue weighted by atomic mass is 10.1. The van der Waals surface area contributed by atoms with Crippen molar-refractivity contribution >= 4 is 11.6 Å². The van der Waals surface area contributed by atoms with Crippen LogP contribution in [-0.4, -0.2) is 4.98 Å². The molecule has 0 aromatic carbocycles. The number of hydrogen-bond acceptors (Lipinski definition) is 1. The van der Waals surface area contributed by atoms with Gasteiger partial charge in [-0.3, -0.25) is 4.98 Å². The maximum atomic E-state index is 5.96. The molecule has 0 fully saturated rings. The van der Waals surface area contributed by atoms with Crippen LogP contribution in [0.15, 0.2) is 24.5 Å². The zero-order valence-electron chi connectivity index (χ0n) is 5.92. The molecule has 1 aromatic rings. The van der Waals surface area contributed by atoms with Crippen LogP contribution in [0.25, 0.3) is 0 Å². The molecule has 0 saturated heterocycles. The van der Waals surface area contributed by atoms with Crippen molar-refractivity contribution in [3.8, 4) is 0 Å². The van der Waals surface area contributed by atoms with E-state index >= 15 is 0 Å². The second-order valence-corrected chi connectivity index (χ2v) is 2.68. The first-order chi connectivity index (χ1) is 4.84. The Morgan fingerprint density at radius 2 is 2.10 bits per heavy atom. The van der Waals surface area contributed by atoms with Gasteiger partial charge < -0.3 is 0 Å². The monoisotopic (exact) mass is 155 g/mol. The average molecular weight is 156 g/mol. The van der Waals surface area contributed by atoms with Crippen molar-refractivity contribution in [2.24, 2.45) is 0 Å². The fourth-order valence-electron chi connectivity index (χ4n) is 0.808. The van der Waals surface area contributed by atoms with E-state index in [0.717, 1.165) is 12.0 Å². The zero-order valence-corrected chi connectivity index (χ0v) is 6.67. The van der Waals surface area contributed by atoms with Crippen molar-refractivity contribution < 1.29 is 0 Å². The van der Waals surface area contributed by atoms with Crippen LogP contribution < -0.4 is 0 Å². The SMILES string of the molecule is CCC(Cl)c1ccncc1. The summed E-state index contributed by atoms with van der Waals surface area (Å²) < 4.78 is 0. The third-order valence-corrected chi connectivity index (χ3v) is 1.99.